The van der Waals surface area contributed by atoms with Crippen LogP contribution in [-0.4, -0.2) is 12.2 Å². The van der Waals surface area contributed by atoms with Crippen molar-refractivity contribution in [2.45, 2.75) is 45.6 Å². The molecule has 0 aromatic heterocycles. The minimum Gasteiger partial charge on any atom is -0.375 e. The van der Waals surface area contributed by atoms with Gasteiger partial charge >= 0.3 is 0 Å². The van der Waals surface area contributed by atoms with E-state index in [1.165, 1.54) is 12.8 Å². The molecule has 1 heterocycles. The lowest BCUT2D eigenvalue weighted by Gasteiger charge is -2.35. The van der Waals surface area contributed by atoms with E-state index in [9.17, 15) is 0 Å². The number of hydrogen-bond donors (Lipinski definition) is 0. The lowest BCUT2D eigenvalue weighted by Crippen LogP contribution is -2.34. The fraction of sp³-hybridized carbons (Fsp3) is 0.833. The first-order chi connectivity index (χ1) is 6.12. The van der Waals surface area contributed by atoms with Gasteiger partial charge in [-0.25, -0.2) is 0 Å². The third kappa shape index (κ3) is 1.54. The molecule has 0 aromatic rings. The highest BCUT2D eigenvalue weighted by molar-refractivity contribution is 5.15. The smallest absolute Gasteiger partial charge is 0.0720 e. The Labute approximate surface area is 81.2 Å². The van der Waals surface area contributed by atoms with Crippen LogP contribution in [0.3, 0.4) is 0 Å². The van der Waals surface area contributed by atoms with Crippen LogP contribution in [0.25, 0.3) is 0 Å². The molecule has 74 valence electrons. The Kier molecular flexibility index (Phi) is 2.23. The molecule has 0 bridgehead atoms. The summed E-state index contributed by atoms with van der Waals surface area (Å²) in [6.45, 7) is 7.84. The van der Waals surface area contributed by atoms with Crippen molar-refractivity contribution in [2.24, 2.45) is 11.8 Å². The first-order valence-corrected chi connectivity index (χ1v) is 5.45. The Morgan fingerprint density at radius 1 is 1.54 bits per heavy atom. The topological polar surface area (TPSA) is 9.23 Å². The zero-order valence-electron chi connectivity index (χ0n) is 8.97. The molecular formula is C12H20O. The zero-order chi connectivity index (χ0) is 9.47. The second-order valence-electron chi connectivity index (χ2n) is 4.99. The summed E-state index contributed by atoms with van der Waals surface area (Å²) in [6.07, 6.45) is 6.08. The standard InChI is InChI=1S/C12H20O/c1-9(2)10-4-6-12(3)11(8-10)5-7-13-12/h4,9,11H,5-8H2,1-3H3. The molecular weight excluding hydrogens is 160 g/mol. The van der Waals surface area contributed by atoms with E-state index in [1.807, 2.05) is 0 Å². The predicted octanol–water partition coefficient (Wildman–Crippen LogP) is 3.16. The summed E-state index contributed by atoms with van der Waals surface area (Å²) in [5.74, 6) is 1.51. The van der Waals surface area contributed by atoms with E-state index in [0.717, 1.165) is 24.9 Å². The van der Waals surface area contributed by atoms with Gasteiger partial charge in [-0.3, -0.25) is 0 Å². The van der Waals surface area contributed by atoms with Crippen molar-refractivity contribution in [3.63, 3.8) is 0 Å². The second-order valence-corrected chi connectivity index (χ2v) is 4.99. The summed E-state index contributed by atoms with van der Waals surface area (Å²) in [5.41, 5.74) is 1.83. The molecule has 1 fully saturated rings. The fourth-order valence-electron chi connectivity index (χ4n) is 2.57. The Balaban J connectivity index is 2.14. The molecule has 0 spiro atoms. The largest absolute Gasteiger partial charge is 0.375 e. The molecule has 2 rings (SSSR count). The first-order valence-electron chi connectivity index (χ1n) is 5.45. The number of rotatable bonds is 1. The van der Waals surface area contributed by atoms with E-state index in [2.05, 4.69) is 26.8 Å². The lowest BCUT2D eigenvalue weighted by molar-refractivity contribution is -0.00741. The van der Waals surface area contributed by atoms with Gasteiger partial charge in [0.1, 0.15) is 0 Å². The number of ether oxygens (including phenoxy) is 1. The molecule has 1 aliphatic heterocycles. The molecule has 2 atom stereocenters. The molecule has 1 aliphatic carbocycles. The molecule has 0 radical (unpaired) electrons. The number of hydrogen-bond acceptors (Lipinski definition) is 1. The van der Waals surface area contributed by atoms with Crippen LogP contribution in [0.1, 0.15) is 40.0 Å². The summed E-state index contributed by atoms with van der Waals surface area (Å²) in [4.78, 5) is 0. The first kappa shape index (κ1) is 9.26. The van der Waals surface area contributed by atoms with Crippen molar-refractivity contribution in [2.75, 3.05) is 6.61 Å². The molecule has 1 heteroatoms. The maximum Gasteiger partial charge on any atom is 0.0720 e. The molecule has 0 amide bonds. The van der Waals surface area contributed by atoms with Crippen LogP contribution in [0.4, 0.5) is 0 Å². The van der Waals surface area contributed by atoms with Crippen molar-refractivity contribution in [3.05, 3.63) is 11.6 Å². The number of fused-ring (bicyclic) bond motifs is 1. The van der Waals surface area contributed by atoms with Crippen molar-refractivity contribution in [1.82, 2.24) is 0 Å². The highest BCUT2D eigenvalue weighted by Gasteiger charge is 2.41. The second kappa shape index (κ2) is 3.13. The van der Waals surface area contributed by atoms with Crippen LogP contribution in [0.2, 0.25) is 0 Å². The maximum atomic E-state index is 5.83. The van der Waals surface area contributed by atoms with Gasteiger partial charge in [0.05, 0.1) is 5.60 Å². The van der Waals surface area contributed by atoms with Gasteiger partial charge in [-0.1, -0.05) is 25.5 Å². The van der Waals surface area contributed by atoms with Gasteiger partial charge in [-0.15, -0.1) is 0 Å². The van der Waals surface area contributed by atoms with Crippen LogP contribution < -0.4 is 0 Å². The lowest BCUT2D eigenvalue weighted by atomic mass is 9.75. The third-order valence-corrected chi connectivity index (χ3v) is 3.75. The minimum absolute atomic E-state index is 0.179. The Morgan fingerprint density at radius 2 is 2.31 bits per heavy atom. The summed E-state index contributed by atoms with van der Waals surface area (Å²) >= 11 is 0. The van der Waals surface area contributed by atoms with E-state index in [1.54, 1.807) is 5.57 Å². The van der Waals surface area contributed by atoms with Gasteiger partial charge in [0, 0.05) is 6.61 Å². The third-order valence-electron chi connectivity index (χ3n) is 3.75. The van der Waals surface area contributed by atoms with Crippen molar-refractivity contribution in [3.8, 4) is 0 Å². The van der Waals surface area contributed by atoms with Crippen LogP contribution in [0.5, 0.6) is 0 Å². The van der Waals surface area contributed by atoms with Crippen molar-refractivity contribution >= 4 is 0 Å². The van der Waals surface area contributed by atoms with E-state index >= 15 is 0 Å². The Morgan fingerprint density at radius 3 is 3.00 bits per heavy atom. The average Bonchev–Trinajstić information content (AvgIpc) is 2.44. The van der Waals surface area contributed by atoms with Crippen molar-refractivity contribution in [1.29, 1.82) is 0 Å². The summed E-state index contributed by atoms with van der Waals surface area (Å²) < 4.78 is 5.83. The molecule has 2 aliphatic rings. The van der Waals surface area contributed by atoms with E-state index in [0.29, 0.717) is 0 Å². The molecule has 1 nitrogen and oxygen atoms in total. The van der Waals surface area contributed by atoms with E-state index < -0.39 is 0 Å². The van der Waals surface area contributed by atoms with Gasteiger partial charge in [0.2, 0.25) is 0 Å². The minimum atomic E-state index is 0.179. The molecule has 0 saturated carbocycles. The Hall–Kier alpha value is -0.300. The van der Waals surface area contributed by atoms with Gasteiger partial charge < -0.3 is 4.74 Å². The Bertz CT molecular complexity index is 229. The predicted molar refractivity (Wildman–Crippen MR) is 54.6 cm³/mol. The summed E-state index contributed by atoms with van der Waals surface area (Å²) in [6, 6.07) is 0. The van der Waals surface area contributed by atoms with E-state index in [-0.39, 0.29) is 5.60 Å². The monoisotopic (exact) mass is 180 g/mol. The molecule has 1 saturated heterocycles. The molecule has 0 aromatic carbocycles. The highest BCUT2D eigenvalue weighted by Crippen LogP contribution is 2.43. The van der Waals surface area contributed by atoms with Crippen LogP contribution in [-0.2, 0) is 4.74 Å². The summed E-state index contributed by atoms with van der Waals surface area (Å²) in [7, 11) is 0. The van der Waals surface area contributed by atoms with Crippen LogP contribution in [0.15, 0.2) is 11.6 Å². The molecule has 0 N–H and O–H groups in total. The maximum absolute atomic E-state index is 5.83. The zero-order valence-corrected chi connectivity index (χ0v) is 8.97. The van der Waals surface area contributed by atoms with Gasteiger partial charge in [0.25, 0.3) is 0 Å². The van der Waals surface area contributed by atoms with Gasteiger partial charge in [0.15, 0.2) is 0 Å². The van der Waals surface area contributed by atoms with Gasteiger partial charge in [-0.05, 0) is 38.0 Å². The SMILES string of the molecule is CC(C)C1=CCC2(C)OCCC2C1. The van der Waals surface area contributed by atoms with Gasteiger partial charge in [-0.2, -0.15) is 0 Å². The van der Waals surface area contributed by atoms with Crippen molar-refractivity contribution < 1.29 is 4.74 Å². The van der Waals surface area contributed by atoms with Crippen LogP contribution in [0, 0.1) is 11.8 Å². The van der Waals surface area contributed by atoms with E-state index in [4.69, 9.17) is 4.74 Å². The fourth-order valence-corrected chi connectivity index (χ4v) is 2.57. The summed E-state index contributed by atoms with van der Waals surface area (Å²) in [5, 5.41) is 0. The normalized spacial score (nSPS) is 39.1. The quantitative estimate of drug-likeness (QED) is 0.563. The van der Waals surface area contributed by atoms with Crippen LogP contribution >= 0.6 is 0 Å². The molecule has 2 unspecified atom stereocenters. The molecule has 13 heavy (non-hydrogen) atoms. The number of allylic oxidation sites excluding steroid dienone is 1. The average molecular weight is 180 g/mol. The highest BCUT2D eigenvalue weighted by atomic mass is 16.5.